The second-order valence-electron chi connectivity index (χ2n) is 5.74. The van der Waals surface area contributed by atoms with E-state index in [2.05, 4.69) is 5.43 Å². The Morgan fingerprint density at radius 2 is 2.08 bits per heavy atom. The van der Waals surface area contributed by atoms with Crippen molar-refractivity contribution in [1.29, 1.82) is 0 Å². The van der Waals surface area contributed by atoms with E-state index >= 15 is 0 Å². The molecule has 6 nitrogen and oxygen atoms in total. The summed E-state index contributed by atoms with van der Waals surface area (Å²) in [7, 11) is 0. The normalized spacial score (nSPS) is 20.0. The SMILES string of the molecule is O=C(CCN1C(=O)C(=Cc2ccccc2Cl)SC1=S)NN1CCOCC1. The van der Waals surface area contributed by atoms with E-state index in [1.807, 2.05) is 23.2 Å². The zero-order valence-corrected chi connectivity index (χ0v) is 16.3. The minimum atomic E-state index is -0.195. The monoisotopic (exact) mass is 411 g/mol. The van der Waals surface area contributed by atoms with Crippen molar-refractivity contribution in [3.63, 3.8) is 0 Å². The Morgan fingerprint density at radius 1 is 1.35 bits per heavy atom. The van der Waals surface area contributed by atoms with E-state index in [0.29, 0.717) is 40.6 Å². The van der Waals surface area contributed by atoms with Crippen molar-refractivity contribution in [3.05, 3.63) is 39.8 Å². The lowest BCUT2D eigenvalue weighted by Crippen LogP contribution is -2.49. The molecule has 1 aromatic carbocycles. The van der Waals surface area contributed by atoms with E-state index in [1.54, 1.807) is 12.1 Å². The van der Waals surface area contributed by atoms with Gasteiger partial charge in [0.2, 0.25) is 5.91 Å². The van der Waals surface area contributed by atoms with Gasteiger partial charge >= 0.3 is 0 Å². The summed E-state index contributed by atoms with van der Waals surface area (Å²) in [4.78, 5) is 26.6. The molecule has 1 aromatic rings. The first-order chi connectivity index (χ1) is 12.5. The van der Waals surface area contributed by atoms with E-state index < -0.39 is 0 Å². The summed E-state index contributed by atoms with van der Waals surface area (Å²) in [6.07, 6.45) is 1.92. The Bertz CT molecular complexity index is 751. The fourth-order valence-corrected chi connectivity index (χ4v) is 4.04. The van der Waals surface area contributed by atoms with Crippen LogP contribution in [0.4, 0.5) is 0 Å². The Hall–Kier alpha value is -1.45. The molecular weight excluding hydrogens is 394 g/mol. The number of hydrogen-bond acceptors (Lipinski definition) is 6. The molecular formula is C17H18ClN3O3S2. The summed E-state index contributed by atoms with van der Waals surface area (Å²) in [5, 5.41) is 2.40. The number of ether oxygens (including phenoxy) is 1. The predicted molar refractivity (Wildman–Crippen MR) is 106 cm³/mol. The van der Waals surface area contributed by atoms with Gasteiger partial charge in [0.1, 0.15) is 4.32 Å². The zero-order valence-electron chi connectivity index (χ0n) is 13.9. The highest BCUT2D eigenvalue weighted by Crippen LogP contribution is 2.33. The molecule has 9 heteroatoms. The van der Waals surface area contributed by atoms with Crippen molar-refractivity contribution < 1.29 is 14.3 Å². The number of amides is 2. The molecule has 0 aliphatic carbocycles. The molecule has 0 aromatic heterocycles. The van der Waals surface area contributed by atoms with Gasteiger partial charge in [-0.15, -0.1) is 0 Å². The summed E-state index contributed by atoms with van der Waals surface area (Å²) < 4.78 is 5.69. The lowest BCUT2D eigenvalue weighted by atomic mass is 10.2. The number of hydrogen-bond donors (Lipinski definition) is 1. The van der Waals surface area contributed by atoms with E-state index in [1.165, 1.54) is 16.7 Å². The molecule has 1 N–H and O–H groups in total. The molecule has 2 heterocycles. The molecule has 0 unspecified atom stereocenters. The van der Waals surface area contributed by atoms with Gasteiger partial charge in [0.05, 0.1) is 18.1 Å². The van der Waals surface area contributed by atoms with Crippen LogP contribution < -0.4 is 5.43 Å². The lowest BCUT2D eigenvalue weighted by molar-refractivity contribution is -0.128. The Labute approximate surface area is 166 Å². The Kier molecular flexibility index (Phi) is 6.66. The van der Waals surface area contributed by atoms with Gasteiger partial charge in [-0.25, -0.2) is 5.01 Å². The van der Waals surface area contributed by atoms with Crippen molar-refractivity contribution in [2.45, 2.75) is 6.42 Å². The maximum absolute atomic E-state index is 12.6. The van der Waals surface area contributed by atoms with Crippen molar-refractivity contribution in [2.24, 2.45) is 0 Å². The minimum absolute atomic E-state index is 0.143. The van der Waals surface area contributed by atoms with Gasteiger partial charge < -0.3 is 4.74 Å². The van der Waals surface area contributed by atoms with E-state index in [0.717, 1.165) is 5.56 Å². The van der Waals surface area contributed by atoms with Crippen LogP contribution in [0.5, 0.6) is 0 Å². The number of carbonyl (C=O) groups is 2. The molecule has 138 valence electrons. The summed E-state index contributed by atoms with van der Waals surface area (Å²) in [5.41, 5.74) is 3.59. The minimum Gasteiger partial charge on any atom is -0.379 e. The van der Waals surface area contributed by atoms with Crippen molar-refractivity contribution in [3.8, 4) is 0 Å². The van der Waals surface area contributed by atoms with Crippen LogP contribution in [0, 0.1) is 0 Å². The summed E-state index contributed by atoms with van der Waals surface area (Å²) in [5.74, 6) is -0.338. The molecule has 2 saturated heterocycles. The van der Waals surface area contributed by atoms with Crippen LogP contribution in [0.15, 0.2) is 29.2 Å². The highest BCUT2D eigenvalue weighted by atomic mass is 35.5. The molecule has 0 radical (unpaired) electrons. The number of rotatable bonds is 5. The van der Waals surface area contributed by atoms with Gasteiger partial charge in [-0.05, 0) is 17.7 Å². The maximum atomic E-state index is 12.6. The van der Waals surface area contributed by atoms with Gasteiger partial charge in [0.25, 0.3) is 5.91 Å². The van der Waals surface area contributed by atoms with Crippen LogP contribution in [0.2, 0.25) is 5.02 Å². The van der Waals surface area contributed by atoms with Crippen molar-refractivity contribution in [1.82, 2.24) is 15.3 Å². The quantitative estimate of drug-likeness (QED) is 0.592. The van der Waals surface area contributed by atoms with Crippen LogP contribution in [-0.2, 0) is 14.3 Å². The van der Waals surface area contributed by atoms with Crippen LogP contribution in [0.1, 0.15) is 12.0 Å². The second kappa shape index (κ2) is 8.96. The van der Waals surface area contributed by atoms with Gasteiger partial charge in [0, 0.05) is 31.1 Å². The van der Waals surface area contributed by atoms with E-state index in [4.69, 9.17) is 28.6 Å². The number of hydrazine groups is 1. The molecule has 26 heavy (non-hydrogen) atoms. The molecule has 3 rings (SSSR count). The number of thiocarbonyl (C=S) groups is 1. The van der Waals surface area contributed by atoms with Gasteiger partial charge in [-0.3, -0.25) is 19.9 Å². The third-order valence-electron chi connectivity index (χ3n) is 3.92. The third-order valence-corrected chi connectivity index (χ3v) is 5.64. The second-order valence-corrected chi connectivity index (χ2v) is 7.82. The highest BCUT2D eigenvalue weighted by Gasteiger charge is 2.32. The van der Waals surface area contributed by atoms with Crippen molar-refractivity contribution >= 4 is 57.8 Å². The van der Waals surface area contributed by atoms with Gasteiger partial charge in [0.15, 0.2) is 0 Å². The number of benzene rings is 1. The standard InChI is InChI=1S/C17H18ClN3O3S2/c18-13-4-2-1-3-12(13)11-14-16(23)21(17(25)26-14)6-5-15(22)19-20-7-9-24-10-8-20/h1-4,11H,5-10H2,(H,19,22). The molecule has 2 aliphatic rings. The third kappa shape index (κ3) is 4.83. The molecule has 0 spiro atoms. The Balaban J connectivity index is 1.57. The number of nitrogens with zero attached hydrogens (tertiary/aromatic N) is 2. The molecule has 2 amide bonds. The van der Waals surface area contributed by atoms with Crippen LogP contribution >= 0.6 is 35.6 Å². The number of carbonyl (C=O) groups excluding carboxylic acids is 2. The fraction of sp³-hybridized carbons (Fsp3) is 0.353. The molecule has 2 fully saturated rings. The van der Waals surface area contributed by atoms with E-state index in [-0.39, 0.29) is 24.8 Å². The first-order valence-corrected chi connectivity index (χ1v) is 9.77. The number of halogens is 1. The van der Waals surface area contributed by atoms with Crippen LogP contribution in [0.25, 0.3) is 6.08 Å². The molecule has 0 bridgehead atoms. The highest BCUT2D eigenvalue weighted by molar-refractivity contribution is 8.26. The average Bonchev–Trinajstić information content (AvgIpc) is 2.89. The maximum Gasteiger partial charge on any atom is 0.266 e. The summed E-state index contributed by atoms with van der Waals surface area (Å²) in [6, 6.07) is 7.29. The Morgan fingerprint density at radius 3 is 2.81 bits per heavy atom. The average molecular weight is 412 g/mol. The first-order valence-electron chi connectivity index (χ1n) is 8.16. The van der Waals surface area contributed by atoms with Crippen molar-refractivity contribution in [2.75, 3.05) is 32.8 Å². The first kappa shape index (κ1) is 19.3. The largest absolute Gasteiger partial charge is 0.379 e. The topological polar surface area (TPSA) is 61.9 Å². The number of nitrogens with one attached hydrogen (secondary N) is 1. The number of thioether (sulfide) groups is 1. The summed E-state index contributed by atoms with van der Waals surface area (Å²) in [6.45, 7) is 2.77. The molecule has 0 atom stereocenters. The van der Waals surface area contributed by atoms with Gasteiger partial charge in [-0.2, -0.15) is 0 Å². The predicted octanol–water partition coefficient (Wildman–Crippen LogP) is 2.29. The zero-order chi connectivity index (χ0) is 18.5. The fourth-order valence-electron chi connectivity index (χ4n) is 2.55. The number of morpholine rings is 1. The smallest absolute Gasteiger partial charge is 0.266 e. The van der Waals surface area contributed by atoms with Gasteiger partial charge in [-0.1, -0.05) is 53.8 Å². The summed E-state index contributed by atoms with van der Waals surface area (Å²) >= 11 is 12.7. The lowest BCUT2D eigenvalue weighted by Gasteiger charge is -2.27. The molecule has 0 saturated carbocycles. The van der Waals surface area contributed by atoms with Crippen LogP contribution in [-0.4, -0.2) is 58.9 Å². The molecule has 2 aliphatic heterocycles. The van der Waals surface area contributed by atoms with E-state index in [9.17, 15) is 9.59 Å². The van der Waals surface area contributed by atoms with Crippen LogP contribution in [0.3, 0.4) is 0 Å².